The molecule has 0 radical (unpaired) electrons. The lowest BCUT2D eigenvalue weighted by Gasteiger charge is -2.15. The molecule has 0 heterocycles. The first kappa shape index (κ1) is 14.9. The van der Waals surface area contributed by atoms with E-state index in [1.165, 1.54) is 7.11 Å². The molecular formula is C15H13BrF2O2. The lowest BCUT2D eigenvalue weighted by molar-refractivity contribution is 0.209. The van der Waals surface area contributed by atoms with Gasteiger partial charge in [-0.1, -0.05) is 22.0 Å². The van der Waals surface area contributed by atoms with Crippen LogP contribution in [0.1, 0.15) is 22.8 Å². The Morgan fingerprint density at radius 2 is 1.75 bits per heavy atom. The van der Waals surface area contributed by atoms with E-state index in [1.54, 1.807) is 25.1 Å². The molecule has 106 valence electrons. The first-order valence-electron chi connectivity index (χ1n) is 5.91. The quantitative estimate of drug-likeness (QED) is 0.908. The zero-order valence-electron chi connectivity index (χ0n) is 11.0. The van der Waals surface area contributed by atoms with Gasteiger partial charge in [-0.15, -0.1) is 0 Å². The molecule has 5 heteroatoms. The van der Waals surface area contributed by atoms with Gasteiger partial charge < -0.3 is 9.84 Å². The minimum atomic E-state index is -1.37. The summed E-state index contributed by atoms with van der Waals surface area (Å²) < 4.78 is 33.1. The number of halogens is 3. The first-order valence-corrected chi connectivity index (χ1v) is 6.70. The minimum Gasteiger partial charge on any atom is -0.496 e. The Labute approximate surface area is 124 Å². The Morgan fingerprint density at radius 3 is 2.25 bits per heavy atom. The van der Waals surface area contributed by atoms with E-state index in [4.69, 9.17) is 4.74 Å². The molecule has 0 aliphatic heterocycles. The van der Waals surface area contributed by atoms with E-state index in [2.05, 4.69) is 15.9 Å². The predicted molar refractivity (Wildman–Crippen MR) is 75.9 cm³/mol. The van der Waals surface area contributed by atoms with Crippen molar-refractivity contribution in [1.82, 2.24) is 0 Å². The van der Waals surface area contributed by atoms with Crippen molar-refractivity contribution >= 4 is 15.9 Å². The van der Waals surface area contributed by atoms with Crippen molar-refractivity contribution in [3.8, 4) is 5.75 Å². The largest absolute Gasteiger partial charge is 0.496 e. The van der Waals surface area contributed by atoms with Gasteiger partial charge in [0, 0.05) is 4.47 Å². The van der Waals surface area contributed by atoms with Crippen molar-refractivity contribution in [1.29, 1.82) is 0 Å². The summed E-state index contributed by atoms with van der Waals surface area (Å²) in [5.74, 6) is -0.937. The van der Waals surface area contributed by atoms with Crippen LogP contribution in [0.15, 0.2) is 34.8 Å². The van der Waals surface area contributed by atoms with E-state index in [1.807, 2.05) is 0 Å². The standard InChI is InChI=1S/C15H13BrF2O2/c1-8-5-9(3-4-13(8)20-2)15(19)14-11(17)6-10(16)7-12(14)18/h3-7,15,19H,1-2H3. The molecular weight excluding hydrogens is 330 g/mol. The van der Waals surface area contributed by atoms with Crippen LogP contribution in [0.4, 0.5) is 8.78 Å². The summed E-state index contributed by atoms with van der Waals surface area (Å²) in [5.41, 5.74) is 0.822. The number of methoxy groups -OCH3 is 1. The molecule has 2 aromatic carbocycles. The second-order valence-corrected chi connectivity index (χ2v) is 5.33. The van der Waals surface area contributed by atoms with Gasteiger partial charge in [0.25, 0.3) is 0 Å². The van der Waals surface area contributed by atoms with Crippen molar-refractivity contribution < 1.29 is 18.6 Å². The van der Waals surface area contributed by atoms with E-state index in [9.17, 15) is 13.9 Å². The number of benzene rings is 2. The van der Waals surface area contributed by atoms with Gasteiger partial charge in [-0.2, -0.15) is 0 Å². The average molecular weight is 343 g/mol. The lowest BCUT2D eigenvalue weighted by Crippen LogP contribution is -2.06. The Hall–Kier alpha value is -1.46. The maximum atomic E-state index is 13.8. The molecule has 0 spiro atoms. The molecule has 0 bridgehead atoms. The monoisotopic (exact) mass is 342 g/mol. The molecule has 1 N–H and O–H groups in total. The third-order valence-corrected chi connectivity index (χ3v) is 3.51. The molecule has 2 rings (SSSR count). The van der Waals surface area contributed by atoms with Crippen molar-refractivity contribution in [3.63, 3.8) is 0 Å². The molecule has 20 heavy (non-hydrogen) atoms. The van der Waals surface area contributed by atoms with Gasteiger partial charge in [-0.05, 0) is 42.3 Å². The zero-order valence-corrected chi connectivity index (χ0v) is 12.5. The normalized spacial score (nSPS) is 12.3. The predicted octanol–water partition coefficient (Wildman–Crippen LogP) is 4.13. The summed E-state index contributed by atoms with van der Waals surface area (Å²) in [6.45, 7) is 1.79. The number of aliphatic hydroxyl groups is 1. The fourth-order valence-electron chi connectivity index (χ4n) is 2.05. The van der Waals surface area contributed by atoms with Gasteiger partial charge in [0.2, 0.25) is 0 Å². The summed E-state index contributed by atoms with van der Waals surface area (Å²) >= 11 is 3.00. The van der Waals surface area contributed by atoms with Crippen LogP contribution < -0.4 is 4.74 Å². The number of ether oxygens (including phenoxy) is 1. The molecule has 0 fully saturated rings. The van der Waals surface area contributed by atoms with Crippen LogP contribution in [0.3, 0.4) is 0 Å². The Bertz CT molecular complexity index is 621. The number of aryl methyl sites for hydroxylation is 1. The van der Waals surface area contributed by atoms with E-state index < -0.39 is 17.7 Å². The summed E-state index contributed by atoms with van der Waals surface area (Å²) in [6, 6.07) is 7.13. The van der Waals surface area contributed by atoms with Gasteiger partial charge in [0.1, 0.15) is 23.5 Å². The molecule has 0 saturated heterocycles. The van der Waals surface area contributed by atoms with Crippen LogP contribution in [-0.2, 0) is 0 Å². The van der Waals surface area contributed by atoms with E-state index in [0.717, 1.165) is 17.7 Å². The van der Waals surface area contributed by atoms with Gasteiger partial charge in [0.15, 0.2) is 0 Å². The number of rotatable bonds is 3. The third kappa shape index (κ3) is 2.83. The third-order valence-electron chi connectivity index (χ3n) is 3.05. The molecule has 0 aliphatic carbocycles. The summed E-state index contributed by atoms with van der Waals surface area (Å²) in [4.78, 5) is 0. The molecule has 1 unspecified atom stereocenters. The van der Waals surface area contributed by atoms with Crippen molar-refractivity contribution in [2.45, 2.75) is 13.0 Å². The number of hydrogen-bond donors (Lipinski definition) is 1. The first-order chi connectivity index (χ1) is 9.43. The van der Waals surface area contributed by atoms with Gasteiger partial charge in [0.05, 0.1) is 12.7 Å². The topological polar surface area (TPSA) is 29.5 Å². The van der Waals surface area contributed by atoms with Crippen LogP contribution in [0.25, 0.3) is 0 Å². The maximum Gasteiger partial charge on any atom is 0.133 e. The molecule has 2 aromatic rings. The van der Waals surface area contributed by atoms with Crippen LogP contribution in [-0.4, -0.2) is 12.2 Å². The SMILES string of the molecule is COc1ccc(C(O)c2c(F)cc(Br)cc2F)cc1C. The van der Waals surface area contributed by atoms with E-state index in [-0.39, 0.29) is 10.0 Å². The van der Waals surface area contributed by atoms with Crippen LogP contribution in [0, 0.1) is 18.6 Å². The van der Waals surface area contributed by atoms with Crippen molar-refractivity contribution in [2.24, 2.45) is 0 Å². The lowest BCUT2D eigenvalue weighted by atomic mass is 9.98. The summed E-state index contributed by atoms with van der Waals surface area (Å²) in [5, 5.41) is 10.2. The molecule has 0 amide bonds. The van der Waals surface area contributed by atoms with Gasteiger partial charge in [-0.3, -0.25) is 0 Å². The van der Waals surface area contributed by atoms with Gasteiger partial charge in [-0.25, -0.2) is 8.78 Å². The fourth-order valence-corrected chi connectivity index (χ4v) is 2.45. The molecule has 0 saturated carbocycles. The fraction of sp³-hybridized carbons (Fsp3) is 0.200. The Balaban J connectivity index is 2.46. The van der Waals surface area contributed by atoms with E-state index >= 15 is 0 Å². The molecule has 0 aromatic heterocycles. The summed E-state index contributed by atoms with van der Waals surface area (Å²) in [6.07, 6.45) is -1.37. The van der Waals surface area contributed by atoms with Crippen LogP contribution in [0.5, 0.6) is 5.75 Å². The zero-order chi connectivity index (χ0) is 14.9. The Kier molecular flexibility index (Phi) is 4.40. The number of aliphatic hydroxyl groups excluding tert-OH is 1. The highest BCUT2D eigenvalue weighted by molar-refractivity contribution is 9.10. The average Bonchev–Trinajstić information content (AvgIpc) is 2.37. The molecule has 1 atom stereocenters. The number of hydrogen-bond acceptors (Lipinski definition) is 2. The highest BCUT2D eigenvalue weighted by Crippen LogP contribution is 2.31. The second kappa shape index (κ2) is 5.89. The smallest absolute Gasteiger partial charge is 0.133 e. The molecule has 2 nitrogen and oxygen atoms in total. The van der Waals surface area contributed by atoms with Crippen molar-refractivity contribution in [2.75, 3.05) is 7.11 Å². The van der Waals surface area contributed by atoms with E-state index in [0.29, 0.717) is 11.3 Å². The second-order valence-electron chi connectivity index (χ2n) is 4.41. The summed E-state index contributed by atoms with van der Waals surface area (Å²) in [7, 11) is 1.53. The van der Waals surface area contributed by atoms with Gasteiger partial charge >= 0.3 is 0 Å². The maximum absolute atomic E-state index is 13.8. The molecule has 0 aliphatic rings. The van der Waals surface area contributed by atoms with Crippen molar-refractivity contribution in [3.05, 3.63) is 63.1 Å². The van der Waals surface area contributed by atoms with Crippen LogP contribution >= 0.6 is 15.9 Å². The Morgan fingerprint density at radius 1 is 1.15 bits per heavy atom. The highest BCUT2D eigenvalue weighted by Gasteiger charge is 2.21. The van der Waals surface area contributed by atoms with Crippen LogP contribution in [0.2, 0.25) is 0 Å². The highest BCUT2D eigenvalue weighted by atomic mass is 79.9. The minimum absolute atomic E-state index is 0.286.